The van der Waals surface area contributed by atoms with E-state index in [1.165, 1.54) is 29.5 Å². The molecule has 0 bridgehead atoms. The van der Waals surface area contributed by atoms with Gasteiger partial charge in [0.25, 0.3) is 0 Å². The lowest BCUT2D eigenvalue weighted by Gasteiger charge is -2.16. The van der Waals surface area contributed by atoms with Gasteiger partial charge >= 0.3 is 0 Å². The maximum absolute atomic E-state index is 10.6. The van der Waals surface area contributed by atoms with E-state index in [-0.39, 0.29) is 0 Å². The zero-order valence-corrected chi connectivity index (χ0v) is 15.0. The summed E-state index contributed by atoms with van der Waals surface area (Å²) in [6.07, 6.45) is 5.42. The monoisotopic (exact) mass is 324 g/mol. The molecule has 1 unspecified atom stereocenters. The zero-order chi connectivity index (χ0) is 17.4. The summed E-state index contributed by atoms with van der Waals surface area (Å²) in [6, 6.07) is 14.1. The van der Waals surface area contributed by atoms with Gasteiger partial charge in [-0.05, 0) is 80.0 Å². The molecule has 0 heterocycles. The summed E-state index contributed by atoms with van der Waals surface area (Å²) in [5.74, 6) is 1.54. The van der Waals surface area contributed by atoms with Gasteiger partial charge in [0.1, 0.15) is 12.0 Å². The molecule has 2 heteroatoms. The maximum atomic E-state index is 10.6. The third-order valence-corrected chi connectivity index (χ3v) is 4.71. The fraction of sp³-hybridized carbons (Fsp3) is 0.409. The molecule has 0 radical (unpaired) electrons. The molecule has 0 amide bonds. The first-order chi connectivity index (χ1) is 11.6. The molecule has 2 nitrogen and oxygen atoms in total. The molecule has 0 saturated heterocycles. The molecular weight excluding hydrogens is 296 g/mol. The summed E-state index contributed by atoms with van der Waals surface area (Å²) in [6.45, 7) is 7.34. The summed E-state index contributed by atoms with van der Waals surface area (Å²) in [5.41, 5.74) is 4.86. The van der Waals surface area contributed by atoms with E-state index in [2.05, 4.69) is 39.0 Å². The van der Waals surface area contributed by atoms with Crippen molar-refractivity contribution in [1.82, 2.24) is 0 Å². The van der Waals surface area contributed by atoms with Crippen LogP contribution in [0.5, 0.6) is 5.75 Å². The number of benzene rings is 2. The fourth-order valence-corrected chi connectivity index (χ4v) is 2.92. The van der Waals surface area contributed by atoms with E-state index in [1.54, 1.807) is 12.1 Å². The maximum Gasteiger partial charge on any atom is 0.150 e. The third-order valence-electron chi connectivity index (χ3n) is 4.71. The molecular formula is C22H28O2. The first-order valence-electron chi connectivity index (χ1n) is 8.86. The summed E-state index contributed by atoms with van der Waals surface area (Å²) < 4.78 is 5.77. The molecule has 0 aliphatic heterocycles. The second kappa shape index (κ2) is 9.27. The molecule has 2 rings (SSSR count). The number of carbonyl (C=O) groups is 1. The van der Waals surface area contributed by atoms with Gasteiger partial charge in [0, 0.05) is 5.56 Å². The SMILES string of the molecule is CCC(CCCOc1ccc(C=O)cc1)Cc1ccc(C)c(C)c1. The smallest absolute Gasteiger partial charge is 0.150 e. The van der Waals surface area contributed by atoms with Crippen molar-refractivity contribution in [2.45, 2.75) is 46.5 Å². The molecule has 0 aromatic heterocycles. The Morgan fingerprint density at radius 2 is 1.79 bits per heavy atom. The van der Waals surface area contributed by atoms with E-state index in [0.717, 1.165) is 31.5 Å². The minimum Gasteiger partial charge on any atom is -0.494 e. The number of ether oxygens (including phenoxy) is 1. The lowest BCUT2D eigenvalue weighted by atomic mass is 9.91. The van der Waals surface area contributed by atoms with Crippen molar-refractivity contribution in [3.63, 3.8) is 0 Å². The van der Waals surface area contributed by atoms with Crippen molar-refractivity contribution in [1.29, 1.82) is 0 Å². The van der Waals surface area contributed by atoms with Gasteiger partial charge in [0.2, 0.25) is 0 Å². The fourth-order valence-electron chi connectivity index (χ4n) is 2.92. The van der Waals surface area contributed by atoms with Crippen LogP contribution in [0.1, 0.15) is 53.2 Å². The Labute approximate surface area is 145 Å². The molecule has 128 valence electrons. The second-order valence-electron chi connectivity index (χ2n) is 6.57. The van der Waals surface area contributed by atoms with Crippen LogP contribution in [0.4, 0.5) is 0 Å². The van der Waals surface area contributed by atoms with Crippen molar-refractivity contribution in [2.75, 3.05) is 6.61 Å². The van der Waals surface area contributed by atoms with Crippen LogP contribution in [0.25, 0.3) is 0 Å². The Balaban J connectivity index is 1.76. The van der Waals surface area contributed by atoms with E-state index >= 15 is 0 Å². The van der Waals surface area contributed by atoms with Crippen molar-refractivity contribution in [2.24, 2.45) is 5.92 Å². The predicted molar refractivity (Wildman–Crippen MR) is 100.0 cm³/mol. The normalized spacial score (nSPS) is 12.0. The van der Waals surface area contributed by atoms with Gasteiger partial charge in [-0.3, -0.25) is 4.79 Å². The molecule has 0 N–H and O–H groups in total. The molecule has 2 aromatic rings. The summed E-state index contributed by atoms with van der Waals surface area (Å²) >= 11 is 0. The van der Waals surface area contributed by atoms with Crippen LogP contribution in [0.3, 0.4) is 0 Å². The Kier molecular flexibility index (Phi) is 7.05. The third kappa shape index (κ3) is 5.52. The Morgan fingerprint density at radius 1 is 1.04 bits per heavy atom. The van der Waals surface area contributed by atoms with E-state index in [1.807, 2.05) is 12.1 Å². The molecule has 24 heavy (non-hydrogen) atoms. The van der Waals surface area contributed by atoms with E-state index < -0.39 is 0 Å². The molecule has 1 atom stereocenters. The first kappa shape index (κ1) is 18.3. The quantitative estimate of drug-likeness (QED) is 0.447. The van der Waals surface area contributed by atoms with Gasteiger partial charge in [-0.1, -0.05) is 31.5 Å². The number of aldehydes is 1. The average Bonchev–Trinajstić information content (AvgIpc) is 2.61. The highest BCUT2D eigenvalue weighted by Gasteiger charge is 2.08. The van der Waals surface area contributed by atoms with Crippen LogP contribution in [0, 0.1) is 19.8 Å². The van der Waals surface area contributed by atoms with Crippen LogP contribution in [0.15, 0.2) is 42.5 Å². The molecule has 0 fully saturated rings. The standard InChI is InChI=1S/C22H28O2/c1-4-19(15-21-8-7-17(2)18(3)14-21)6-5-13-24-22-11-9-20(16-23)10-12-22/h7-12,14,16,19H,4-6,13,15H2,1-3H3. The van der Waals surface area contributed by atoms with Crippen molar-refractivity contribution < 1.29 is 9.53 Å². The van der Waals surface area contributed by atoms with Crippen LogP contribution in [-0.4, -0.2) is 12.9 Å². The van der Waals surface area contributed by atoms with E-state index in [9.17, 15) is 4.79 Å². The number of hydrogen-bond donors (Lipinski definition) is 0. The summed E-state index contributed by atoms with van der Waals surface area (Å²) in [5, 5.41) is 0. The minimum atomic E-state index is 0.682. The van der Waals surface area contributed by atoms with Crippen LogP contribution < -0.4 is 4.74 Å². The predicted octanol–water partition coefficient (Wildman–Crippen LogP) is 5.54. The minimum absolute atomic E-state index is 0.682. The van der Waals surface area contributed by atoms with Gasteiger partial charge in [0.15, 0.2) is 0 Å². The number of hydrogen-bond acceptors (Lipinski definition) is 2. The molecule has 0 saturated carbocycles. The zero-order valence-electron chi connectivity index (χ0n) is 15.0. The number of rotatable bonds is 9. The molecule has 0 aliphatic carbocycles. The number of carbonyl (C=O) groups excluding carboxylic acids is 1. The van der Waals surface area contributed by atoms with Gasteiger partial charge < -0.3 is 4.74 Å². The summed E-state index contributed by atoms with van der Waals surface area (Å²) in [7, 11) is 0. The second-order valence-corrected chi connectivity index (χ2v) is 6.57. The Bertz CT molecular complexity index is 644. The molecule has 0 aliphatic rings. The molecule has 2 aromatic carbocycles. The Morgan fingerprint density at radius 3 is 2.42 bits per heavy atom. The summed E-state index contributed by atoms with van der Waals surface area (Å²) in [4.78, 5) is 10.6. The van der Waals surface area contributed by atoms with Crippen molar-refractivity contribution >= 4 is 6.29 Å². The van der Waals surface area contributed by atoms with Gasteiger partial charge in [-0.25, -0.2) is 0 Å². The van der Waals surface area contributed by atoms with Crippen LogP contribution >= 0.6 is 0 Å². The van der Waals surface area contributed by atoms with E-state index in [0.29, 0.717) is 11.5 Å². The first-order valence-corrected chi connectivity index (χ1v) is 8.86. The van der Waals surface area contributed by atoms with Gasteiger partial charge in [0.05, 0.1) is 6.61 Å². The number of aryl methyl sites for hydroxylation is 2. The van der Waals surface area contributed by atoms with Crippen molar-refractivity contribution in [3.05, 3.63) is 64.7 Å². The lowest BCUT2D eigenvalue weighted by Crippen LogP contribution is -2.07. The highest BCUT2D eigenvalue weighted by molar-refractivity contribution is 5.74. The van der Waals surface area contributed by atoms with Gasteiger partial charge in [-0.15, -0.1) is 0 Å². The highest BCUT2D eigenvalue weighted by Crippen LogP contribution is 2.20. The van der Waals surface area contributed by atoms with Crippen molar-refractivity contribution in [3.8, 4) is 5.75 Å². The van der Waals surface area contributed by atoms with E-state index in [4.69, 9.17) is 4.74 Å². The van der Waals surface area contributed by atoms with Crippen LogP contribution in [0.2, 0.25) is 0 Å². The van der Waals surface area contributed by atoms with Crippen LogP contribution in [-0.2, 0) is 6.42 Å². The molecule has 0 spiro atoms. The average molecular weight is 324 g/mol. The lowest BCUT2D eigenvalue weighted by molar-refractivity contribution is 0.112. The Hall–Kier alpha value is -2.09. The van der Waals surface area contributed by atoms with Gasteiger partial charge in [-0.2, -0.15) is 0 Å². The largest absolute Gasteiger partial charge is 0.494 e. The highest BCUT2D eigenvalue weighted by atomic mass is 16.5. The topological polar surface area (TPSA) is 26.3 Å².